The maximum Gasteiger partial charge on any atom is 0.281 e. The lowest BCUT2D eigenvalue weighted by atomic mass is 9.89. The molecule has 1 aromatic carbocycles. The fraction of sp³-hybridized carbons (Fsp3) is 0.321. The number of aromatic nitrogens is 2. The Hall–Kier alpha value is -3.76. The van der Waals surface area contributed by atoms with Crippen molar-refractivity contribution in [2.75, 3.05) is 44.1 Å². The molecular weight excluding hydrogens is 502 g/mol. The highest BCUT2D eigenvalue weighted by molar-refractivity contribution is 7.90. The molecule has 4 heterocycles. The third-order valence-corrected chi connectivity index (χ3v) is 7.89. The Morgan fingerprint density at radius 3 is 2.58 bits per heavy atom. The fourth-order valence-corrected chi connectivity index (χ4v) is 5.43. The maximum absolute atomic E-state index is 12.7. The van der Waals surface area contributed by atoms with Crippen molar-refractivity contribution in [2.24, 2.45) is 0 Å². The number of hydrogen-bond donors (Lipinski definition) is 1. The average molecular weight is 533 g/mol. The van der Waals surface area contributed by atoms with Gasteiger partial charge >= 0.3 is 0 Å². The summed E-state index contributed by atoms with van der Waals surface area (Å²) in [4.78, 5) is 23.9. The lowest BCUT2D eigenvalue weighted by Crippen LogP contribution is -2.36. The molecule has 10 heteroatoms. The van der Waals surface area contributed by atoms with Gasteiger partial charge in [-0.3, -0.25) is 9.78 Å². The van der Waals surface area contributed by atoms with Crippen LogP contribution in [0.25, 0.3) is 17.3 Å². The molecule has 5 rings (SSSR count). The lowest BCUT2D eigenvalue weighted by Gasteiger charge is -2.32. The Morgan fingerprint density at radius 2 is 1.87 bits per heavy atom. The van der Waals surface area contributed by atoms with Crippen LogP contribution in [0.1, 0.15) is 40.2 Å². The summed E-state index contributed by atoms with van der Waals surface area (Å²) >= 11 is 0. The molecule has 0 spiro atoms. The van der Waals surface area contributed by atoms with E-state index in [1.807, 2.05) is 24.3 Å². The highest BCUT2D eigenvalue weighted by Gasteiger charge is 2.24. The number of hydrogen-bond acceptors (Lipinski definition) is 8. The number of piperidine rings is 1. The highest BCUT2D eigenvalue weighted by Crippen LogP contribution is 2.33. The van der Waals surface area contributed by atoms with Gasteiger partial charge in [-0.1, -0.05) is 12.1 Å². The van der Waals surface area contributed by atoms with Gasteiger partial charge in [0.05, 0.1) is 30.3 Å². The van der Waals surface area contributed by atoms with E-state index in [0.29, 0.717) is 35.3 Å². The number of likely N-dealkylation sites (tertiary alicyclic amines) is 1. The molecule has 1 saturated heterocycles. The zero-order valence-corrected chi connectivity index (χ0v) is 22.2. The first-order valence-electron chi connectivity index (χ1n) is 12.5. The van der Waals surface area contributed by atoms with Gasteiger partial charge in [-0.05, 0) is 73.3 Å². The number of nitrogens with zero attached hydrogens (tertiary/aromatic N) is 4. The minimum atomic E-state index is -2.94. The summed E-state index contributed by atoms with van der Waals surface area (Å²) in [5.74, 6) is 1.35. The van der Waals surface area contributed by atoms with E-state index in [2.05, 4.69) is 32.7 Å². The van der Waals surface area contributed by atoms with Crippen LogP contribution in [0.3, 0.4) is 0 Å². The predicted molar refractivity (Wildman–Crippen MR) is 147 cm³/mol. The van der Waals surface area contributed by atoms with Crippen molar-refractivity contribution in [2.45, 2.75) is 18.8 Å². The summed E-state index contributed by atoms with van der Waals surface area (Å²) in [5, 5.41) is 7.27. The Kier molecular flexibility index (Phi) is 7.44. The number of fused-ring (bicyclic) bond motifs is 1. The number of amides is 1. The van der Waals surface area contributed by atoms with Crippen molar-refractivity contribution in [3.63, 3.8) is 0 Å². The number of carbonyl (C=O) groups is 1. The molecule has 3 aromatic rings. The number of benzene rings is 1. The van der Waals surface area contributed by atoms with Gasteiger partial charge in [0.25, 0.3) is 5.91 Å². The molecule has 0 saturated carbocycles. The van der Waals surface area contributed by atoms with Gasteiger partial charge in [0, 0.05) is 36.4 Å². The minimum absolute atomic E-state index is 0.205. The number of methoxy groups -OCH3 is 1. The fourth-order valence-electron chi connectivity index (χ4n) is 4.84. The van der Waals surface area contributed by atoms with Crippen LogP contribution in [0.5, 0.6) is 5.75 Å². The number of anilines is 2. The van der Waals surface area contributed by atoms with Gasteiger partial charge < -0.3 is 15.0 Å². The van der Waals surface area contributed by atoms with Crippen LogP contribution >= 0.6 is 0 Å². The van der Waals surface area contributed by atoms with Gasteiger partial charge in [0.2, 0.25) is 0 Å². The van der Waals surface area contributed by atoms with Crippen LogP contribution in [-0.2, 0) is 9.84 Å². The third kappa shape index (κ3) is 6.03. The second-order valence-corrected chi connectivity index (χ2v) is 11.9. The van der Waals surface area contributed by atoms with E-state index < -0.39 is 9.84 Å². The lowest BCUT2D eigenvalue weighted by molar-refractivity contribution is 0.0965. The molecule has 2 aromatic heterocycles. The van der Waals surface area contributed by atoms with E-state index in [9.17, 15) is 13.2 Å². The van der Waals surface area contributed by atoms with Crippen molar-refractivity contribution in [1.82, 2.24) is 20.2 Å². The molecule has 2 aliphatic heterocycles. The SMILES string of the molecule is COc1cncc(-c2cc3c(c(Nc4ccc(C5CCN(CCS(C)(=O)=O)CC5)cc4)n2)C(=O)[N]C=C3)c1. The summed E-state index contributed by atoms with van der Waals surface area (Å²) in [5.41, 5.74) is 4.67. The first-order valence-corrected chi connectivity index (χ1v) is 14.6. The molecule has 1 radical (unpaired) electrons. The van der Waals surface area contributed by atoms with Crippen molar-refractivity contribution in [3.05, 3.63) is 71.7 Å². The predicted octanol–water partition coefficient (Wildman–Crippen LogP) is 3.85. The van der Waals surface area contributed by atoms with E-state index in [-0.39, 0.29) is 11.7 Å². The highest BCUT2D eigenvalue weighted by atomic mass is 32.2. The second-order valence-electron chi connectivity index (χ2n) is 9.68. The molecule has 0 atom stereocenters. The molecule has 0 bridgehead atoms. The van der Waals surface area contributed by atoms with E-state index in [1.165, 1.54) is 18.0 Å². The molecule has 197 valence electrons. The standard InChI is InChI=1S/C28H30N5O4S/c1-37-24-15-22(17-29-18-24)25-16-21-7-10-30-28(34)26(21)27(32-25)31-23-5-3-19(4-6-23)20-8-11-33(12-9-20)13-14-38(2,35)36/h3-7,10,15-18,20H,8-9,11-14H2,1-2H3,(H,31,32). The minimum Gasteiger partial charge on any atom is -0.495 e. The molecule has 1 N–H and O–H groups in total. The smallest absolute Gasteiger partial charge is 0.281 e. The van der Waals surface area contributed by atoms with Crippen LogP contribution in [0.4, 0.5) is 11.5 Å². The Morgan fingerprint density at radius 1 is 1.11 bits per heavy atom. The Balaban J connectivity index is 1.33. The molecule has 2 aliphatic rings. The van der Waals surface area contributed by atoms with Crippen LogP contribution < -0.4 is 15.4 Å². The number of rotatable bonds is 8. The number of pyridine rings is 2. The van der Waals surface area contributed by atoms with E-state index in [0.717, 1.165) is 42.7 Å². The number of sulfone groups is 1. The van der Waals surface area contributed by atoms with Gasteiger partial charge in [0.15, 0.2) is 0 Å². The van der Waals surface area contributed by atoms with Gasteiger partial charge in [0.1, 0.15) is 21.4 Å². The average Bonchev–Trinajstić information content (AvgIpc) is 2.92. The zero-order valence-electron chi connectivity index (χ0n) is 21.4. The first-order chi connectivity index (χ1) is 18.3. The molecular formula is C28H30N5O4S. The summed E-state index contributed by atoms with van der Waals surface area (Å²) < 4.78 is 28.2. The molecule has 9 nitrogen and oxygen atoms in total. The normalized spacial score (nSPS) is 16.1. The molecule has 1 amide bonds. The van der Waals surface area contributed by atoms with Crippen molar-refractivity contribution >= 4 is 33.3 Å². The quantitative estimate of drug-likeness (QED) is 0.465. The summed E-state index contributed by atoms with van der Waals surface area (Å²) in [6.07, 6.45) is 9.91. The van der Waals surface area contributed by atoms with E-state index in [1.54, 1.807) is 25.6 Å². The van der Waals surface area contributed by atoms with Crippen molar-refractivity contribution < 1.29 is 17.9 Å². The van der Waals surface area contributed by atoms with E-state index in [4.69, 9.17) is 9.72 Å². The van der Waals surface area contributed by atoms with Crippen LogP contribution in [0.2, 0.25) is 0 Å². The Bertz CT molecular complexity index is 1460. The number of nitrogens with one attached hydrogen (secondary N) is 1. The summed E-state index contributed by atoms with van der Waals surface area (Å²) in [7, 11) is -1.36. The topological polar surface area (TPSA) is 116 Å². The third-order valence-electron chi connectivity index (χ3n) is 6.97. The Labute approximate surface area is 222 Å². The number of carbonyl (C=O) groups excluding carboxylic acids is 1. The molecule has 1 fully saturated rings. The monoisotopic (exact) mass is 532 g/mol. The molecule has 0 aliphatic carbocycles. The molecule has 0 unspecified atom stereocenters. The van der Waals surface area contributed by atoms with Gasteiger partial charge in [-0.15, -0.1) is 0 Å². The largest absolute Gasteiger partial charge is 0.495 e. The second kappa shape index (κ2) is 10.9. The van der Waals surface area contributed by atoms with Crippen molar-refractivity contribution in [3.8, 4) is 17.0 Å². The van der Waals surface area contributed by atoms with Crippen LogP contribution in [0, 0.1) is 0 Å². The summed E-state index contributed by atoms with van der Waals surface area (Å²) in [6, 6.07) is 11.9. The van der Waals surface area contributed by atoms with Gasteiger partial charge in [-0.25, -0.2) is 18.7 Å². The van der Waals surface area contributed by atoms with Gasteiger partial charge in [-0.2, -0.15) is 0 Å². The zero-order chi connectivity index (χ0) is 26.7. The molecule has 38 heavy (non-hydrogen) atoms. The van der Waals surface area contributed by atoms with Crippen LogP contribution in [-0.4, -0.2) is 67.9 Å². The first kappa shape index (κ1) is 25.9. The summed E-state index contributed by atoms with van der Waals surface area (Å²) in [6.45, 7) is 2.37. The maximum atomic E-state index is 12.7. The number of ether oxygens (including phenoxy) is 1. The van der Waals surface area contributed by atoms with E-state index >= 15 is 0 Å². The van der Waals surface area contributed by atoms with Crippen LogP contribution in [0.15, 0.2) is 55.0 Å². The van der Waals surface area contributed by atoms with Crippen molar-refractivity contribution in [1.29, 1.82) is 0 Å².